The summed E-state index contributed by atoms with van der Waals surface area (Å²) in [5.41, 5.74) is 1.61. The number of halogens is 2. The Labute approximate surface area is 181 Å². The molecule has 0 saturated heterocycles. The van der Waals surface area contributed by atoms with Crippen LogP contribution in [0.25, 0.3) is 11.1 Å². The highest BCUT2D eigenvalue weighted by molar-refractivity contribution is 7.84. The van der Waals surface area contributed by atoms with E-state index in [1.807, 2.05) is 18.4 Å². The van der Waals surface area contributed by atoms with E-state index in [4.69, 9.17) is 14.3 Å². The molecule has 0 amide bonds. The zero-order chi connectivity index (χ0) is 21.8. The van der Waals surface area contributed by atoms with Gasteiger partial charge >= 0.3 is 0 Å². The van der Waals surface area contributed by atoms with Gasteiger partial charge in [-0.25, -0.2) is 13.8 Å². The lowest BCUT2D eigenvalue weighted by Gasteiger charge is -2.13. The van der Waals surface area contributed by atoms with Gasteiger partial charge in [0.05, 0.1) is 19.4 Å². The van der Waals surface area contributed by atoms with Gasteiger partial charge in [0, 0.05) is 29.0 Å². The molecule has 1 aromatic carbocycles. The van der Waals surface area contributed by atoms with E-state index in [-0.39, 0.29) is 11.3 Å². The normalized spacial score (nSPS) is 14.7. The fourth-order valence-corrected chi connectivity index (χ4v) is 3.94. The number of hydrogen-bond acceptors (Lipinski definition) is 6. The largest absolute Gasteiger partial charge is 0.493 e. The number of rotatable bonds is 2. The van der Waals surface area contributed by atoms with Gasteiger partial charge in [-0.15, -0.1) is 10.7 Å². The Kier molecular flexibility index (Phi) is 6.41. The molecule has 4 rings (SSSR count). The quantitative estimate of drug-likeness (QED) is 0.566. The molecule has 162 valence electrons. The first-order chi connectivity index (χ1) is 15.0. The molecule has 0 radical (unpaired) electrons. The summed E-state index contributed by atoms with van der Waals surface area (Å²) in [6.07, 6.45) is 4.34. The van der Waals surface area contributed by atoms with Crippen LogP contribution in [0.2, 0.25) is 0 Å². The van der Waals surface area contributed by atoms with Gasteiger partial charge in [0.25, 0.3) is 0 Å². The minimum atomic E-state index is -0.540. The van der Waals surface area contributed by atoms with Gasteiger partial charge in [0.1, 0.15) is 29.0 Å². The Hall–Kier alpha value is -3.07. The summed E-state index contributed by atoms with van der Waals surface area (Å²) >= 11 is 0. The summed E-state index contributed by atoms with van der Waals surface area (Å²) in [7, 11) is -0.539. The van der Waals surface area contributed by atoms with Crippen LogP contribution < -0.4 is 14.8 Å². The number of nitrogens with zero attached hydrogens (tertiary/aromatic N) is 2. The lowest BCUT2D eigenvalue weighted by molar-refractivity contribution is 0.261. The smallest absolute Gasteiger partial charge is 0.215 e. The molecule has 0 aliphatic carbocycles. The molecule has 3 heterocycles. The summed E-state index contributed by atoms with van der Waals surface area (Å²) in [6.45, 7) is 0.780. The predicted octanol–water partition coefficient (Wildman–Crippen LogP) is 5.23. The number of nitrogens with one attached hydrogen (secondary N) is 2. The Morgan fingerprint density at radius 2 is 1.84 bits per heavy atom. The summed E-state index contributed by atoms with van der Waals surface area (Å²) in [6, 6.07) is 9.24. The Bertz CT molecular complexity index is 1130. The third-order valence-corrected chi connectivity index (χ3v) is 5.40. The second-order valence-corrected chi connectivity index (χ2v) is 8.76. The maximum Gasteiger partial charge on any atom is 0.215 e. The first kappa shape index (κ1) is 21.2. The molecule has 0 spiro atoms. The number of hydrogen-bond donors (Lipinski definition) is 2. The van der Waals surface area contributed by atoms with Crippen molar-refractivity contribution in [3.05, 3.63) is 59.8 Å². The molecule has 9 heteroatoms. The van der Waals surface area contributed by atoms with Crippen molar-refractivity contribution in [3.63, 3.8) is 0 Å². The van der Waals surface area contributed by atoms with Gasteiger partial charge < -0.3 is 14.8 Å². The van der Waals surface area contributed by atoms with Crippen LogP contribution in [0.5, 0.6) is 11.6 Å². The molecular weight excluding hydrogens is 422 g/mol. The standard InChI is InChI=1S/C22H22F2N4O2S/c1-31(25)13-14-8-21-27-20-11-17(18(24)12-26-20)16-5-4-15(23)10-19(16)29-6-2-3-7-30-22(9-14)28-21/h4-5,8-12,25H,2-3,6-7,13H2,1H3,(H,26,27,28). The topological polar surface area (TPSA) is 80.1 Å². The van der Waals surface area contributed by atoms with Gasteiger partial charge in [0.15, 0.2) is 0 Å². The van der Waals surface area contributed by atoms with Crippen molar-refractivity contribution in [2.75, 3.05) is 24.8 Å². The van der Waals surface area contributed by atoms with E-state index in [1.165, 1.54) is 18.2 Å². The number of aromatic nitrogens is 2. The van der Waals surface area contributed by atoms with Crippen molar-refractivity contribution >= 4 is 22.3 Å². The monoisotopic (exact) mass is 444 g/mol. The third-order valence-electron chi connectivity index (χ3n) is 4.64. The van der Waals surface area contributed by atoms with Gasteiger partial charge in [-0.05, 0) is 48.9 Å². The molecule has 4 bridgehead atoms. The highest BCUT2D eigenvalue weighted by Gasteiger charge is 2.15. The molecule has 2 aromatic heterocycles. The van der Waals surface area contributed by atoms with Crippen LogP contribution in [0, 0.1) is 16.4 Å². The second-order valence-electron chi connectivity index (χ2n) is 7.20. The van der Waals surface area contributed by atoms with E-state index in [2.05, 4.69) is 15.3 Å². The van der Waals surface area contributed by atoms with Gasteiger partial charge in [-0.1, -0.05) is 0 Å². The number of pyridine rings is 2. The zero-order valence-corrected chi connectivity index (χ0v) is 17.8. The molecule has 1 unspecified atom stereocenters. The minimum Gasteiger partial charge on any atom is -0.493 e. The van der Waals surface area contributed by atoms with Gasteiger partial charge in [0.2, 0.25) is 5.88 Å². The third kappa shape index (κ3) is 5.35. The van der Waals surface area contributed by atoms with Crippen LogP contribution in [0.1, 0.15) is 18.4 Å². The molecule has 1 aliphatic rings. The number of fused-ring (bicyclic) bond motifs is 6. The summed E-state index contributed by atoms with van der Waals surface area (Å²) in [5, 5.41) is 3.09. The SMILES string of the molecule is CS(=N)Cc1cc2nc(c1)OCCCCOc1cc(F)ccc1-c1cc(ncc1F)N2. The highest BCUT2D eigenvalue weighted by Crippen LogP contribution is 2.34. The van der Waals surface area contributed by atoms with Crippen molar-refractivity contribution in [2.24, 2.45) is 0 Å². The van der Waals surface area contributed by atoms with Gasteiger partial charge in [-0.2, -0.15) is 4.98 Å². The zero-order valence-electron chi connectivity index (χ0n) is 17.0. The molecule has 1 atom stereocenters. The number of ether oxygens (including phenoxy) is 2. The number of anilines is 2. The van der Waals surface area contributed by atoms with E-state index >= 15 is 0 Å². The Balaban J connectivity index is 1.78. The molecule has 31 heavy (non-hydrogen) atoms. The summed E-state index contributed by atoms with van der Waals surface area (Å²) < 4.78 is 47.9. The molecule has 2 N–H and O–H groups in total. The van der Waals surface area contributed by atoms with Crippen molar-refractivity contribution in [3.8, 4) is 22.8 Å². The van der Waals surface area contributed by atoms with E-state index < -0.39 is 22.3 Å². The van der Waals surface area contributed by atoms with Crippen LogP contribution >= 0.6 is 0 Å². The lowest BCUT2D eigenvalue weighted by Crippen LogP contribution is -2.05. The molecule has 0 saturated carbocycles. The van der Waals surface area contributed by atoms with Crippen molar-refractivity contribution in [2.45, 2.75) is 18.6 Å². The predicted molar refractivity (Wildman–Crippen MR) is 117 cm³/mol. The van der Waals surface area contributed by atoms with Crippen LogP contribution in [-0.2, 0) is 16.4 Å². The molecule has 1 aliphatic heterocycles. The average molecular weight is 445 g/mol. The Morgan fingerprint density at radius 1 is 1.03 bits per heavy atom. The van der Waals surface area contributed by atoms with Crippen LogP contribution in [0.15, 0.2) is 42.6 Å². The van der Waals surface area contributed by atoms with Crippen molar-refractivity contribution in [1.29, 1.82) is 4.78 Å². The van der Waals surface area contributed by atoms with E-state index in [0.717, 1.165) is 11.8 Å². The van der Waals surface area contributed by atoms with Crippen LogP contribution in [-0.4, -0.2) is 29.4 Å². The van der Waals surface area contributed by atoms with Crippen LogP contribution in [0.3, 0.4) is 0 Å². The Morgan fingerprint density at radius 3 is 2.65 bits per heavy atom. The fraction of sp³-hybridized carbons (Fsp3) is 0.273. The highest BCUT2D eigenvalue weighted by atomic mass is 32.2. The molecular formula is C22H22F2N4O2S. The first-order valence-electron chi connectivity index (χ1n) is 9.81. The lowest BCUT2D eigenvalue weighted by atomic mass is 10.0. The van der Waals surface area contributed by atoms with E-state index in [0.29, 0.717) is 54.9 Å². The van der Waals surface area contributed by atoms with Crippen molar-refractivity contribution < 1.29 is 18.3 Å². The van der Waals surface area contributed by atoms with Gasteiger partial charge in [-0.3, -0.25) is 4.78 Å². The molecule has 3 aromatic rings. The number of benzene rings is 1. The molecule has 6 nitrogen and oxygen atoms in total. The fourth-order valence-electron chi connectivity index (χ4n) is 3.28. The minimum absolute atomic E-state index is 0.247. The van der Waals surface area contributed by atoms with Crippen LogP contribution in [0.4, 0.5) is 20.4 Å². The summed E-state index contributed by atoms with van der Waals surface area (Å²) in [5.74, 6) is 1.17. The maximum atomic E-state index is 14.6. The first-order valence-corrected chi connectivity index (χ1v) is 11.6. The second kappa shape index (κ2) is 9.38. The average Bonchev–Trinajstić information content (AvgIpc) is 2.71. The van der Waals surface area contributed by atoms with E-state index in [9.17, 15) is 8.78 Å². The maximum absolute atomic E-state index is 14.6. The summed E-state index contributed by atoms with van der Waals surface area (Å²) in [4.78, 5) is 8.59. The van der Waals surface area contributed by atoms with E-state index in [1.54, 1.807) is 6.07 Å². The molecule has 0 fully saturated rings. The van der Waals surface area contributed by atoms with Crippen molar-refractivity contribution in [1.82, 2.24) is 9.97 Å².